The second kappa shape index (κ2) is 7.34. The third kappa shape index (κ3) is 3.15. The molecule has 0 saturated heterocycles. The quantitative estimate of drug-likeness (QED) is 0.520. The number of fused-ring (bicyclic) bond motifs is 2. The van der Waals surface area contributed by atoms with Crippen molar-refractivity contribution in [1.29, 1.82) is 0 Å². The summed E-state index contributed by atoms with van der Waals surface area (Å²) in [6, 6.07) is 0. The van der Waals surface area contributed by atoms with E-state index in [1.54, 1.807) is 13.8 Å². The Morgan fingerprint density at radius 2 is 1.93 bits per heavy atom. The van der Waals surface area contributed by atoms with Crippen molar-refractivity contribution in [3.63, 3.8) is 0 Å². The fourth-order valence-electron chi connectivity index (χ4n) is 5.34. The van der Waals surface area contributed by atoms with E-state index in [1.165, 1.54) is 13.8 Å². The van der Waals surface area contributed by atoms with Crippen LogP contribution in [-0.4, -0.2) is 51.7 Å². The lowest BCUT2D eigenvalue weighted by Gasteiger charge is -2.61. The molecule has 1 aliphatic heterocycles. The average molecular weight is 424 g/mol. The Balaban J connectivity index is 2.15. The summed E-state index contributed by atoms with van der Waals surface area (Å²) in [6.07, 6.45) is -0.722. The van der Waals surface area contributed by atoms with E-state index in [0.717, 1.165) is 0 Å². The van der Waals surface area contributed by atoms with E-state index in [2.05, 4.69) is 0 Å². The van der Waals surface area contributed by atoms with Gasteiger partial charge in [0.2, 0.25) is 5.79 Å². The standard InChI is InChI=1S/C22H32O8/c1-7-11(2)18(24)29-17-16-12(3)19(25)30-22(16,27)10-21(26)9-8-15(28-14(5)23)13(4)20(17,21)6/h11,13,15,17,26-27H,7-10H2,1-6H3/t11-,13+,15+,17-,20+,21+,22+/m1/s1. The number of rotatable bonds is 4. The van der Waals surface area contributed by atoms with Gasteiger partial charge in [0, 0.05) is 30.3 Å². The molecule has 2 N–H and O–H groups in total. The predicted octanol–water partition coefficient (Wildman–Crippen LogP) is 2.01. The van der Waals surface area contributed by atoms with Gasteiger partial charge in [0.25, 0.3) is 0 Å². The molecule has 2 saturated carbocycles. The van der Waals surface area contributed by atoms with E-state index in [1.807, 2.05) is 13.8 Å². The van der Waals surface area contributed by atoms with Gasteiger partial charge < -0.3 is 24.4 Å². The van der Waals surface area contributed by atoms with Crippen LogP contribution in [0.1, 0.15) is 67.2 Å². The summed E-state index contributed by atoms with van der Waals surface area (Å²) in [7, 11) is 0. The molecule has 7 atom stereocenters. The van der Waals surface area contributed by atoms with E-state index in [4.69, 9.17) is 14.2 Å². The van der Waals surface area contributed by atoms with Gasteiger partial charge in [-0.3, -0.25) is 9.59 Å². The topological polar surface area (TPSA) is 119 Å². The molecule has 0 amide bonds. The number of hydrogen-bond donors (Lipinski definition) is 2. The first-order valence-electron chi connectivity index (χ1n) is 10.6. The normalized spacial score (nSPS) is 41.5. The lowest BCUT2D eigenvalue weighted by Crippen LogP contribution is -2.70. The Kier molecular flexibility index (Phi) is 5.56. The van der Waals surface area contributed by atoms with Crippen molar-refractivity contribution in [2.45, 2.75) is 90.8 Å². The molecule has 8 heteroatoms. The van der Waals surface area contributed by atoms with E-state index in [9.17, 15) is 24.6 Å². The molecule has 3 aliphatic rings. The fourth-order valence-corrected chi connectivity index (χ4v) is 5.34. The van der Waals surface area contributed by atoms with Crippen molar-refractivity contribution in [1.82, 2.24) is 0 Å². The van der Waals surface area contributed by atoms with Gasteiger partial charge in [0.05, 0.1) is 17.1 Å². The maximum absolute atomic E-state index is 12.8. The van der Waals surface area contributed by atoms with E-state index in [0.29, 0.717) is 12.8 Å². The molecule has 0 radical (unpaired) electrons. The van der Waals surface area contributed by atoms with Gasteiger partial charge in [-0.25, -0.2) is 4.79 Å². The Bertz CT molecular complexity index is 803. The van der Waals surface area contributed by atoms with Gasteiger partial charge in [-0.2, -0.15) is 0 Å². The SMILES string of the molecule is CC[C@@H](C)C(=O)O[C@@H]1C2=C(C)C(=O)O[C@@]2(O)C[C@@]2(O)CC[C@H](OC(C)=O)[C@H](C)[C@@]12C. The van der Waals surface area contributed by atoms with Crippen molar-refractivity contribution in [3.05, 3.63) is 11.1 Å². The van der Waals surface area contributed by atoms with E-state index >= 15 is 0 Å². The van der Waals surface area contributed by atoms with Crippen LogP contribution in [0.5, 0.6) is 0 Å². The largest absolute Gasteiger partial charge is 0.462 e. The van der Waals surface area contributed by atoms with E-state index in [-0.39, 0.29) is 24.0 Å². The molecular weight excluding hydrogens is 392 g/mol. The number of ether oxygens (including phenoxy) is 3. The Labute approximate surface area is 176 Å². The molecule has 0 spiro atoms. The van der Waals surface area contributed by atoms with Crippen molar-refractivity contribution in [2.24, 2.45) is 17.3 Å². The molecule has 0 aromatic heterocycles. The van der Waals surface area contributed by atoms with Gasteiger partial charge in [-0.15, -0.1) is 0 Å². The maximum Gasteiger partial charge on any atom is 0.336 e. The molecular formula is C22H32O8. The summed E-state index contributed by atoms with van der Waals surface area (Å²) in [5.74, 6) is -4.49. The Morgan fingerprint density at radius 3 is 2.50 bits per heavy atom. The fraction of sp³-hybridized carbons (Fsp3) is 0.773. The molecule has 2 fully saturated rings. The third-order valence-electron chi connectivity index (χ3n) is 7.65. The van der Waals surface area contributed by atoms with Crippen LogP contribution in [0, 0.1) is 17.3 Å². The molecule has 0 unspecified atom stereocenters. The highest BCUT2D eigenvalue weighted by Crippen LogP contribution is 2.62. The molecule has 0 aromatic carbocycles. The first kappa shape index (κ1) is 22.7. The molecule has 8 nitrogen and oxygen atoms in total. The van der Waals surface area contributed by atoms with Crippen LogP contribution in [-0.2, 0) is 28.6 Å². The summed E-state index contributed by atoms with van der Waals surface area (Å²) >= 11 is 0. The second-order valence-electron chi connectivity index (χ2n) is 9.31. The summed E-state index contributed by atoms with van der Waals surface area (Å²) in [5.41, 5.74) is -2.28. The number of carbonyl (C=O) groups is 3. The minimum Gasteiger partial charge on any atom is -0.462 e. The monoisotopic (exact) mass is 424 g/mol. The Hall–Kier alpha value is -1.93. The summed E-state index contributed by atoms with van der Waals surface area (Å²) in [5, 5.41) is 22.9. The molecule has 1 heterocycles. The first-order valence-corrected chi connectivity index (χ1v) is 10.6. The average Bonchev–Trinajstić information content (AvgIpc) is 2.87. The summed E-state index contributed by atoms with van der Waals surface area (Å²) in [6.45, 7) is 10.0. The lowest BCUT2D eigenvalue weighted by molar-refractivity contribution is -0.286. The van der Waals surface area contributed by atoms with Crippen molar-refractivity contribution in [2.75, 3.05) is 0 Å². The van der Waals surface area contributed by atoms with Gasteiger partial charge in [0.1, 0.15) is 12.2 Å². The van der Waals surface area contributed by atoms with Crippen molar-refractivity contribution < 1.29 is 38.8 Å². The number of hydrogen-bond acceptors (Lipinski definition) is 8. The molecule has 0 aromatic rings. The minimum atomic E-state index is -2.04. The predicted molar refractivity (Wildman–Crippen MR) is 105 cm³/mol. The highest BCUT2D eigenvalue weighted by atomic mass is 16.7. The highest BCUT2D eigenvalue weighted by Gasteiger charge is 2.72. The molecule has 2 aliphatic carbocycles. The van der Waals surface area contributed by atoms with Crippen LogP contribution in [0.15, 0.2) is 11.1 Å². The van der Waals surface area contributed by atoms with Crippen LogP contribution in [0.2, 0.25) is 0 Å². The van der Waals surface area contributed by atoms with Crippen molar-refractivity contribution >= 4 is 17.9 Å². The zero-order valence-corrected chi connectivity index (χ0v) is 18.5. The smallest absolute Gasteiger partial charge is 0.336 e. The Morgan fingerprint density at radius 1 is 1.30 bits per heavy atom. The summed E-state index contributed by atoms with van der Waals surface area (Å²) in [4.78, 5) is 36.8. The van der Waals surface area contributed by atoms with E-state index < -0.39 is 58.8 Å². The van der Waals surface area contributed by atoms with Gasteiger partial charge in [-0.1, -0.05) is 27.7 Å². The van der Waals surface area contributed by atoms with Gasteiger partial charge in [-0.05, 0) is 26.2 Å². The summed E-state index contributed by atoms with van der Waals surface area (Å²) < 4.78 is 16.7. The molecule has 3 rings (SSSR count). The van der Waals surface area contributed by atoms with Crippen LogP contribution in [0.3, 0.4) is 0 Å². The lowest BCUT2D eigenvalue weighted by atomic mass is 9.49. The number of carbonyl (C=O) groups excluding carboxylic acids is 3. The minimum absolute atomic E-state index is 0.171. The maximum atomic E-state index is 12.8. The van der Waals surface area contributed by atoms with Crippen LogP contribution >= 0.6 is 0 Å². The van der Waals surface area contributed by atoms with Crippen LogP contribution < -0.4 is 0 Å². The number of esters is 3. The van der Waals surface area contributed by atoms with Crippen LogP contribution in [0.4, 0.5) is 0 Å². The first-order chi connectivity index (χ1) is 13.8. The molecule has 168 valence electrons. The second-order valence-corrected chi connectivity index (χ2v) is 9.31. The van der Waals surface area contributed by atoms with Gasteiger partial charge in [0.15, 0.2) is 0 Å². The third-order valence-corrected chi connectivity index (χ3v) is 7.65. The zero-order chi connectivity index (χ0) is 22.6. The highest BCUT2D eigenvalue weighted by molar-refractivity contribution is 5.93. The number of aliphatic hydroxyl groups is 2. The van der Waals surface area contributed by atoms with Gasteiger partial charge >= 0.3 is 17.9 Å². The van der Waals surface area contributed by atoms with Crippen LogP contribution in [0.25, 0.3) is 0 Å². The molecule has 30 heavy (non-hydrogen) atoms. The molecule has 0 bridgehead atoms. The van der Waals surface area contributed by atoms with Crippen molar-refractivity contribution in [3.8, 4) is 0 Å². The zero-order valence-electron chi connectivity index (χ0n) is 18.5.